The monoisotopic (exact) mass is 520 g/mol. The number of amides is 1. The molecule has 0 radical (unpaired) electrons. The normalized spacial score (nSPS) is 19.9. The van der Waals surface area contributed by atoms with Gasteiger partial charge < -0.3 is 4.90 Å². The van der Waals surface area contributed by atoms with E-state index in [9.17, 15) is 39.6 Å². The third-order valence-corrected chi connectivity index (χ3v) is 8.18. The summed E-state index contributed by atoms with van der Waals surface area (Å²) in [5.74, 6) is -0.511. The second-order valence-electron chi connectivity index (χ2n) is 8.71. The predicted octanol–water partition coefficient (Wildman–Crippen LogP) is 5.07. The zero-order chi connectivity index (χ0) is 25.6. The molecule has 2 aromatic carbocycles. The minimum absolute atomic E-state index is 0.0248. The van der Waals surface area contributed by atoms with Crippen molar-refractivity contribution in [1.29, 1.82) is 0 Å². The Morgan fingerprint density at radius 2 is 1.57 bits per heavy atom. The van der Waals surface area contributed by atoms with Gasteiger partial charge in [-0.1, -0.05) is 24.3 Å². The molecule has 1 saturated carbocycles. The lowest BCUT2D eigenvalue weighted by atomic mass is 10.0. The van der Waals surface area contributed by atoms with E-state index in [2.05, 4.69) is 0 Å². The Morgan fingerprint density at radius 1 is 0.886 bits per heavy atom. The van der Waals surface area contributed by atoms with Gasteiger partial charge >= 0.3 is 12.4 Å². The van der Waals surface area contributed by atoms with Crippen molar-refractivity contribution in [3.63, 3.8) is 0 Å². The molecule has 35 heavy (non-hydrogen) atoms. The molecule has 2 fully saturated rings. The van der Waals surface area contributed by atoms with Crippen LogP contribution in [0.4, 0.5) is 26.3 Å². The van der Waals surface area contributed by atoms with E-state index in [1.165, 1.54) is 23.1 Å². The Balaban J connectivity index is 1.54. The smallest absolute Gasteiger partial charge is 0.338 e. The Bertz CT molecular complexity index is 1210. The van der Waals surface area contributed by atoms with Crippen LogP contribution in [-0.4, -0.2) is 42.2 Å². The molecule has 5 nitrogen and oxygen atoms in total. The van der Waals surface area contributed by atoms with Gasteiger partial charge in [0.25, 0.3) is 0 Å². The lowest BCUT2D eigenvalue weighted by molar-refractivity contribution is -0.141. The van der Waals surface area contributed by atoms with Crippen LogP contribution in [0.5, 0.6) is 0 Å². The Kier molecular flexibility index (Phi) is 6.64. The number of halogens is 6. The number of hydrogen-bond donors (Lipinski definition) is 0. The van der Waals surface area contributed by atoms with Gasteiger partial charge in [-0.2, -0.15) is 30.6 Å². The van der Waals surface area contributed by atoms with Gasteiger partial charge in [-0.3, -0.25) is 4.79 Å². The van der Waals surface area contributed by atoms with Crippen LogP contribution in [0, 0.1) is 0 Å². The van der Waals surface area contributed by atoms with Gasteiger partial charge in [-0.25, -0.2) is 8.42 Å². The van der Waals surface area contributed by atoms with Crippen molar-refractivity contribution >= 4 is 15.9 Å². The maximum Gasteiger partial charge on any atom is 0.416 e. The predicted molar refractivity (Wildman–Crippen MR) is 113 cm³/mol. The van der Waals surface area contributed by atoms with Crippen LogP contribution in [-0.2, 0) is 33.7 Å². The van der Waals surface area contributed by atoms with Crippen molar-refractivity contribution in [3.05, 3.63) is 65.2 Å². The fourth-order valence-electron chi connectivity index (χ4n) is 4.36. The molecule has 0 spiro atoms. The van der Waals surface area contributed by atoms with Gasteiger partial charge in [-0.15, -0.1) is 0 Å². The van der Waals surface area contributed by atoms with E-state index < -0.39 is 56.4 Å². The molecule has 12 heteroatoms. The first-order valence-corrected chi connectivity index (χ1v) is 12.4. The highest BCUT2D eigenvalue weighted by atomic mass is 32.2. The zero-order valence-electron chi connectivity index (χ0n) is 18.3. The number of rotatable bonds is 6. The van der Waals surface area contributed by atoms with Gasteiger partial charge in [0.2, 0.25) is 15.9 Å². The maximum absolute atomic E-state index is 13.3. The van der Waals surface area contributed by atoms with E-state index in [0.717, 1.165) is 28.6 Å². The second-order valence-corrected chi connectivity index (χ2v) is 10.6. The summed E-state index contributed by atoms with van der Waals surface area (Å²) in [6.45, 7) is -0.248. The third kappa shape index (κ3) is 5.48. The summed E-state index contributed by atoms with van der Waals surface area (Å²) in [5, 5.41) is 0. The van der Waals surface area contributed by atoms with E-state index in [-0.39, 0.29) is 31.5 Å². The molecule has 0 aromatic heterocycles. The number of likely N-dealkylation sites (tertiary alicyclic amines) is 1. The molecule has 190 valence electrons. The van der Waals surface area contributed by atoms with Gasteiger partial charge in [0.15, 0.2) is 0 Å². The van der Waals surface area contributed by atoms with Gasteiger partial charge in [0, 0.05) is 31.6 Å². The number of carbonyl (C=O) groups excluding carboxylic acids is 1. The van der Waals surface area contributed by atoms with E-state index in [4.69, 9.17) is 0 Å². The number of piperidine rings is 1. The lowest BCUT2D eigenvalue weighted by Gasteiger charge is -2.38. The molecule has 1 saturated heterocycles. The Morgan fingerprint density at radius 3 is 2.17 bits per heavy atom. The van der Waals surface area contributed by atoms with Crippen LogP contribution >= 0.6 is 0 Å². The number of sulfonamides is 1. The molecule has 1 aliphatic heterocycles. The summed E-state index contributed by atoms with van der Waals surface area (Å²) in [6, 6.07) is 7.17. The average Bonchev–Trinajstić information content (AvgIpc) is 3.59. The first kappa shape index (κ1) is 25.5. The second kappa shape index (κ2) is 9.12. The van der Waals surface area contributed by atoms with E-state index >= 15 is 0 Å². The first-order valence-electron chi connectivity index (χ1n) is 10.9. The molecular formula is C23H22F6N2O3S. The van der Waals surface area contributed by atoms with E-state index in [1.54, 1.807) is 0 Å². The summed E-state index contributed by atoms with van der Waals surface area (Å²) < 4.78 is 107. The van der Waals surface area contributed by atoms with Crippen molar-refractivity contribution in [3.8, 4) is 0 Å². The quantitative estimate of drug-likeness (QED) is 0.500. The number of nitrogens with zero attached hydrogens (tertiary/aromatic N) is 2. The highest BCUT2D eigenvalue weighted by molar-refractivity contribution is 7.89. The van der Waals surface area contributed by atoms with Gasteiger partial charge in [0.1, 0.15) is 0 Å². The number of hydrogen-bond acceptors (Lipinski definition) is 3. The minimum Gasteiger partial charge on any atom is -0.338 e. The molecular weight excluding hydrogens is 498 g/mol. The van der Waals surface area contributed by atoms with Crippen molar-refractivity contribution in [2.24, 2.45) is 0 Å². The molecule has 2 aliphatic rings. The van der Waals surface area contributed by atoms with Crippen LogP contribution in [0.2, 0.25) is 0 Å². The number of alkyl halides is 6. The fraction of sp³-hybridized carbons (Fsp3) is 0.435. The molecule has 1 unspecified atom stereocenters. The van der Waals surface area contributed by atoms with E-state index in [1.807, 2.05) is 0 Å². The molecule has 1 heterocycles. The average molecular weight is 520 g/mol. The molecule has 0 bridgehead atoms. The summed E-state index contributed by atoms with van der Waals surface area (Å²) in [5.41, 5.74) is -2.01. The summed E-state index contributed by atoms with van der Waals surface area (Å²) in [4.78, 5) is 13.6. The molecule has 2 aromatic rings. The van der Waals surface area contributed by atoms with Crippen molar-refractivity contribution in [2.75, 3.05) is 6.54 Å². The number of benzene rings is 2. The van der Waals surface area contributed by atoms with Gasteiger partial charge in [-0.05, 0) is 49.1 Å². The molecule has 0 N–H and O–H groups in total. The summed E-state index contributed by atoms with van der Waals surface area (Å²) in [6.07, 6.45) is -8.36. The van der Waals surface area contributed by atoms with Crippen LogP contribution in [0.15, 0.2) is 53.4 Å². The van der Waals surface area contributed by atoms with E-state index in [0.29, 0.717) is 18.9 Å². The largest absolute Gasteiger partial charge is 0.416 e. The third-order valence-electron chi connectivity index (χ3n) is 6.18. The first-order chi connectivity index (χ1) is 16.3. The van der Waals surface area contributed by atoms with Crippen molar-refractivity contribution in [2.45, 2.75) is 61.6 Å². The minimum atomic E-state index is -4.72. The molecule has 1 aliphatic carbocycles. The molecule has 1 atom stereocenters. The highest BCUT2D eigenvalue weighted by Gasteiger charge is 2.45. The lowest BCUT2D eigenvalue weighted by Crippen LogP contribution is -2.50. The summed E-state index contributed by atoms with van der Waals surface area (Å²) in [7, 11) is -4.33. The van der Waals surface area contributed by atoms with Crippen LogP contribution in [0.25, 0.3) is 0 Å². The van der Waals surface area contributed by atoms with Crippen LogP contribution < -0.4 is 0 Å². The SMILES string of the molecule is O=C1CC(N(C2CC2)S(=O)(=O)c2cccc(C(F)(F)F)c2)CCN1Cc1ccccc1C(F)(F)F. The number of carbonyl (C=O) groups is 1. The zero-order valence-corrected chi connectivity index (χ0v) is 19.1. The highest BCUT2D eigenvalue weighted by Crippen LogP contribution is 2.39. The fourth-order valence-corrected chi connectivity index (χ4v) is 6.31. The van der Waals surface area contributed by atoms with Crippen molar-refractivity contribution in [1.82, 2.24) is 9.21 Å². The molecule has 1 amide bonds. The van der Waals surface area contributed by atoms with Gasteiger partial charge in [0.05, 0.1) is 16.0 Å². The summed E-state index contributed by atoms with van der Waals surface area (Å²) >= 11 is 0. The Hall–Kier alpha value is -2.60. The maximum atomic E-state index is 13.3. The van der Waals surface area contributed by atoms with Crippen LogP contribution in [0.3, 0.4) is 0 Å². The molecule has 4 rings (SSSR count). The van der Waals surface area contributed by atoms with Crippen LogP contribution in [0.1, 0.15) is 42.4 Å². The topological polar surface area (TPSA) is 57.7 Å². The van der Waals surface area contributed by atoms with Crippen molar-refractivity contribution < 1.29 is 39.6 Å². The standard InChI is InChI=1S/C23H22F6N2O3S/c24-22(25,26)16-5-3-6-19(12-16)35(33,34)31(17-8-9-17)18-10-11-30(21(32)13-18)14-15-4-1-2-7-20(15)23(27,28)29/h1-7,12,17-18H,8-11,13-14H2. The Labute approximate surface area is 198 Å².